The fraction of sp³-hybridized carbons (Fsp3) is 0.381. The van der Waals surface area contributed by atoms with Gasteiger partial charge in [0.15, 0.2) is 5.54 Å². The number of hydrogen-bond acceptors (Lipinski definition) is 4. The van der Waals surface area contributed by atoms with Crippen LogP contribution in [-0.2, 0) is 16.9 Å². The Hall–Kier alpha value is -2.93. The minimum absolute atomic E-state index is 0.0888. The fourth-order valence-electron chi connectivity index (χ4n) is 4.00. The molecule has 0 radical (unpaired) electrons. The molecule has 2 aromatic heterocycles. The van der Waals surface area contributed by atoms with Gasteiger partial charge in [-0.25, -0.2) is 4.79 Å². The van der Waals surface area contributed by atoms with Crippen LogP contribution in [0.15, 0.2) is 41.5 Å². The largest absolute Gasteiger partial charge is 0.479 e. The zero-order chi connectivity index (χ0) is 19.9. The number of likely N-dealkylation sites (tertiary alicyclic amines) is 1. The van der Waals surface area contributed by atoms with E-state index in [1.807, 2.05) is 32.0 Å². The van der Waals surface area contributed by atoms with Crippen LogP contribution < -0.4 is 5.56 Å². The van der Waals surface area contributed by atoms with Crippen molar-refractivity contribution in [2.45, 2.75) is 38.8 Å². The van der Waals surface area contributed by atoms with E-state index in [-0.39, 0.29) is 5.56 Å². The Balaban J connectivity index is 1.54. The number of nitrogens with zero attached hydrogens (tertiary/aromatic N) is 3. The summed E-state index contributed by atoms with van der Waals surface area (Å²) >= 11 is 0. The maximum absolute atomic E-state index is 12.5. The van der Waals surface area contributed by atoms with E-state index in [9.17, 15) is 14.7 Å². The normalized spacial score (nSPS) is 17.1. The first kappa shape index (κ1) is 18.4. The van der Waals surface area contributed by atoms with Crippen molar-refractivity contribution in [3.8, 4) is 0 Å². The van der Waals surface area contributed by atoms with Gasteiger partial charge in [-0.15, -0.1) is 0 Å². The van der Waals surface area contributed by atoms with Gasteiger partial charge in [0.05, 0.1) is 6.20 Å². The molecule has 0 saturated carbocycles. The Bertz CT molecular complexity index is 1090. The number of aromatic amines is 1. The highest BCUT2D eigenvalue weighted by Crippen LogP contribution is 2.31. The summed E-state index contributed by atoms with van der Waals surface area (Å²) in [6, 6.07) is 7.90. The van der Waals surface area contributed by atoms with Crippen molar-refractivity contribution in [2.75, 3.05) is 13.1 Å². The van der Waals surface area contributed by atoms with Crippen LogP contribution in [-0.4, -0.2) is 43.8 Å². The highest BCUT2D eigenvalue weighted by atomic mass is 16.4. The van der Waals surface area contributed by atoms with Crippen molar-refractivity contribution in [1.29, 1.82) is 0 Å². The lowest BCUT2D eigenvalue weighted by Crippen LogP contribution is -2.51. The zero-order valence-electron chi connectivity index (χ0n) is 16.1. The van der Waals surface area contributed by atoms with Crippen LogP contribution in [0.4, 0.5) is 0 Å². The van der Waals surface area contributed by atoms with E-state index in [2.05, 4.69) is 21.0 Å². The number of rotatable bonds is 4. The molecule has 1 aromatic carbocycles. The van der Waals surface area contributed by atoms with Gasteiger partial charge in [0.2, 0.25) is 0 Å². The number of carboxylic acids is 1. The maximum Gasteiger partial charge on any atom is 0.331 e. The molecule has 2 N–H and O–H groups in total. The van der Waals surface area contributed by atoms with Crippen molar-refractivity contribution >= 4 is 16.9 Å². The van der Waals surface area contributed by atoms with Gasteiger partial charge >= 0.3 is 5.97 Å². The molecule has 0 aliphatic carbocycles. The number of hydrogen-bond donors (Lipinski definition) is 2. The van der Waals surface area contributed by atoms with Gasteiger partial charge in [0.1, 0.15) is 0 Å². The average Bonchev–Trinajstić information content (AvgIpc) is 3.10. The van der Waals surface area contributed by atoms with E-state index >= 15 is 0 Å². The van der Waals surface area contributed by atoms with Gasteiger partial charge in [0, 0.05) is 36.9 Å². The predicted octanol–water partition coefficient (Wildman–Crippen LogP) is 2.42. The van der Waals surface area contributed by atoms with Crippen LogP contribution in [0.2, 0.25) is 0 Å². The molecule has 0 atom stereocenters. The van der Waals surface area contributed by atoms with Crippen LogP contribution in [0.1, 0.15) is 29.5 Å². The quantitative estimate of drug-likeness (QED) is 0.725. The second kappa shape index (κ2) is 6.91. The zero-order valence-corrected chi connectivity index (χ0v) is 16.1. The molecule has 0 spiro atoms. The number of aryl methyl sites for hydroxylation is 2. The fourth-order valence-corrected chi connectivity index (χ4v) is 4.00. The summed E-state index contributed by atoms with van der Waals surface area (Å²) in [6.07, 6.45) is 4.38. The van der Waals surface area contributed by atoms with Crippen LogP contribution in [0, 0.1) is 13.8 Å². The van der Waals surface area contributed by atoms with Gasteiger partial charge in [-0.1, -0.05) is 11.6 Å². The summed E-state index contributed by atoms with van der Waals surface area (Å²) < 4.78 is 1.59. The number of benzene rings is 1. The topological polar surface area (TPSA) is 91.2 Å². The lowest BCUT2D eigenvalue weighted by Gasteiger charge is -2.38. The lowest BCUT2D eigenvalue weighted by molar-refractivity contribution is -0.151. The molecule has 1 aliphatic heterocycles. The molecule has 146 valence electrons. The predicted molar refractivity (Wildman–Crippen MR) is 106 cm³/mol. The summed E-state index contributed by atoms with van der Waals surface area (Å²) in [4.78, 5) is 29.6. The number of pyridine rings is 1. The molecular formula is C21H24N4O3. The summed E-state index contributed by atoms with van der Waals surface area (Å²) in [5.41, 5.74) is 2.52. The molecular weight excluding hydrogens is 356 g/mol. The summed E-state index contributed by atoms with van der Waals surface area (Å²) in [5.74, 6) is -0.853. The number of carbonyl (C=O) groups is 1. The molecule has 28 heavy (non-hydrogen) atoms. The van der Waals surface area contributed by atoms with Crippen LogP contribution in [0.3, 0.4) is 0 Å². The molecule has 0 amide bonds. The molecule has 7 heteroatoms. The van der Waals surface area contributed by atoms with Gasteiger partial charge in [-0.2, -0.15) is 5.10 Å². The Morgan fingerprint density at radius 3 is 2.61 bits per heavy atom. The number of fused-ring (bicyclic) bond motifs is 1. The standard InChI is InChI=1S/C21H24N4O3/c1-14-3-4-18-16(9-14)10-17(19(26)23-18)13-24-7-5-21(6-8-24,20(27)28)25-12-15(2)11-22-25/h3-4,9-12H,5-8,13H2,1-2H3,(H,23,26)(H,27,28). The molecule has 3 aromatic rings. The molecule has 1 aliphatic rings. The number of nitrogens with one attached hydrogen (secondary N) is 1. The molecule has 3 heterocycles. The first-order valence-electron chi connectivity index (χ1n) is 9.47. The third-order valence-electron chi connectivity index (χ3n) is 5.70. The summed E-state index contributed by atoms with van der Waals surface area (Å²) in [5, 5.41) is 15.2. The first-order chi connectivity index (χ1) is 13.4. The first-order valence-corrected chi connectivity index (χ1v) is 9.47. The third-order valence-corrected chi connectivity index (χ3v) is 5.70. The van der Waals surface area contributed by atoms with Gasteiger partial charge < -0.3 is 10.1 Å². The highest BCUT2D eigenvalue weighted by Gasteiger charge is 2.44. The smallest absolute Gasteiger partial charge is 0.331 e. The molecule has 0 unspecified atom stereocenters. The second-order valence-corrected chi connectivity index (χ2v) is 7.79. The monoisotopic (exact) mass is 380 g/mol. The van der Waals surface area contributed by atoms with E-state index < -0.39 is 11.5 Å². The van der Waals surface area contributed by atoms with Crippen molar-refractivity contribution in [3.05, 3.63) is 63.7 Å². The maximum atomic E-state index is 12.5. The van der Waals surface area contributed by atoms with Crippen molar-refractivity contribution < 1.29 is 9.90 Å². The second-order valence-electron chi connectivity index (χ2n) is 7.79. The Kier molecular flexibility index (Phi) is 4.55. The molecule has 7 nitrogen and oxygen atoms in total. The number of aliphatic carboxylic acids is 1. The van der Waals surface area contributed by atoms with Crippen molar-refractivity contribution in [2.24, 2.45) is 0 Å². The minimum atomic E-state index is -1.02. The van der Waals surface area contributed by atoms with E-state index in [0.717, 1.165) is 22.0 Å². The Morgan fingerprint density at radius 2 is 1.96 bits per heavy atom. The van der Waals surface area contributed by atoms with Gasteiger partial charge in [0.25, 0.3) is 5.56 Å². The van der Waals surface area contributed by atoms with Crippen molar-refractivity contribution in [3.63, 3.8) is 0 Å². The number of piperidine rings is 1. The molecule has 1 saturated heterocycles. The van der Waals surface area contributed by atoms with Gasteiger partial charge in [-0.05, 0) is 55.8 Å². The number of carboxylic acid groups (broad SMARTS) is 1. The van der Waals surface area contributed by atoms with Gasteiger partial charge in [-0.3, -0.25) is 14.4 Å². The number of H-pyrrole nitrogens is 1. The molecule has 0 bridgehead atoms. The summed E-state index contributed by atoms with van der Waals surface area (Å²) in [6.45, 7) is 5.62. The Labute approximate surface area is 162 Å². The molecule has 4 rings (SSSR count). The summed E-state index contributed by atoms with van der Waals surface area (Å²) in [7, 11) is 0. The number of aromatic nitrogens is 3. The van der Waals surface area contributed by atoms with Crippen LogP contribution >= 0.6 is 0 Å². The van der Waals surface area contributed by atoms with Crippen molar-refractivity contribution in [1.82, 2.24) is 19.7 Å². The van der Waals surface area contributed by atoms with E-state index in [4.69, 9.17) is 0 Å². The van der Waals surface area contributed by atoms with Crippen LogP contribution in [0.5, 0.6) is 0 Å². The Morgan fingerprint density at radius 1 is 1.21 bits per heavy atom. The highest BCUT2D eigenvalue weighted by molar-refractivity contribution is 5.79. The van der Waals surface area contributed by atoms with E-state index in [1.54, 1.807) is 17.1 Å². The lowest BCUT2D eigenvalue weighted by atomic mass is 9.87. The minimum Gasteiger partial charge on any atom is -0.479 e. The third kappa shape index (κ3) is 3.22. The molecule has 1 fully saturated rings. The van der Waals surface area contributed by atoms with Crippen LogP contribution in [0.25, 0.3) is 10.9 Å². The van der Waals surface area contributed by atoms with E-state index in [1.165, 1.54) is 0 Å². The van der Waals surface area contributed by atoms with E-state index in [0.29, 0.717) is 38.0 Å². The SMILES string of the molecule is Cc1ccc2[nH]c(=O)c(CN3CCC(C(=O)O)(n4cc(C)cn4)CC3)cc2c1. The average molecular weight is 380 g/mol.